The van der Waals surface area contributed by atoms with Crippen LogP contribution in [0, 0.1) is 0 Å². The molecule has 0 spiro atoms. The summed E-state index contributed by atoms with van der Waals surface area (Å²) in [5, 5.41) is 0. The molecule has 3 heteroatoms. The maximum absolute atomic E-state index is 11.2. The molecule has 0 heterocycles. The lowest BCUT2D eigenvalue weighted by molar-refractivity contribution is 0.0834. The predicted octanol–water partition coefficient (Wildman–Crippen LogP) is 9.11. The minimum atomic E-state index is -0.586. The van der Waals surface area contributed by atoms with Gasteiger partial charge in [0.25, 0.3) is 0 Å². The van der Waals surface area contributed by atoms with E-state index in [1.807, 2.05) is 6.08 Å². The van der Waals surface area contributed by atoms with E-state index >= 15 is 0 Å². The van der Waals surface area contributed by atoms with Crippen LogP contribution in [0.1, 0.15) is 136 Å². The fourth-order valence-corrected chi connectivity index (χ4v) is 3.32. The van der Waals surface area contributed by atoms with E-state index in [2.05, 4.69) is 13.8 Å². The fourth-order valence-electron chi connectivity index (χ4n) is 3.32. The molecule has 0 fully saturated rings. The Bertz CT molecular complexity index is 339. The van der Waals surface area contributed by atoms with E-state index in [9.17, 15) is 4.79 Å². The SMILES string of the molecule is CCCCCCCCCCCCCCCCCC/C=C/OC(=O)OCCCC. The van der Waals surface area contributed by atoms with Crippen LogP contribution in [-0.4, -0.2) is 12.8 Å². The molecule has 0 aliphatic heterocycles. The van der Waals surface area contributed by atoms with Gasteiger partial charge in [-0.1, -0.05) is 117 Å². The molecule has 0 N–H and O–H groups in total. The zero-order valence-electron chi connectivity index (χ0n) is 19.0. The average molecular weight is 397 g/mol. The highest BCUT2D eigenvalue weighted by molar-refractivity contribution is 5.60. The molecule has 0 aromatic rings. The van der Waals surface area contributed by atoms with Crippen molar-refractivity contribution in [3.8, 4) is 0 Å². The van der Waals surface area contributed by atoms with Crippen molar-refractivity contribution in [2.24, 2.45) is 0 Å². The second kappa shape index (κ2) is 24.0. The maximum Gasteiger partial charge on any atom is 0.513 e. The number of ether oxygens (including phenoxy) is 2. The van der Waals surface area contributed by atoms with Crippen LogP contribution in [0.15, 0.2) is 12.3 Å². The van der Waals surface area contributed by atoms with Gasteiger partial charge in [-0.15, -0.1) is 0 Å². The van der Waals surface area contributed by atoms with Crippen molar-refractivity contribution in [2.75, 3.05) is 6.61 Å². The minimum Gasteiger partial charge on any atom is -0.434 e. The molecule has 0 unspecified atom stereocenters. The van der Waals surface area contributed by atoms with Gasteiger partial charge in [-0.05, 0) is 25.3 Å². The Morgan fingerprint density at radius 3 is 1.50 bits per heavy atom. The zero-order chi connectivity index (χ0) is 20.5. The van der Waals surface area contributed by atoms with Gasteiger partial charge in [0, 0.05) is 0 Å². The summed E-state index contributed by atoms with van der Waals surface area (Å²) in [6.45, 7) is 4.79. The van der Waals surface area contributed by atoms with Crippen LogP contribution in [0.25, 0.3) is 0 Å². The highest BCUT2D eigenvalue weighted by Gasteiger charge is 1.99. The summed E-state index contributed by atoms with van der Waals surface area (Å²) in [7, 11) is 0. The van der Waals surface area contributed by atoms with Gasteiger partial charge in [0.15, 0.2) is 0 Å². The van der Waals surface area contributed by atoms with Gasteiger partial charge in [0.05, 0.1) is 12.9 Å². The van der Waals surface area contributed by atoms with Gasteiger partial charge in [0.2, 0.25) is 0 Å². The largest absolute Gasteiger partial charge is 0.513 e. The van der Waals surface area contributed by atoms with Gasteiger partial charge in [-0.3, -0.25) is 0 Å². The fraction of sp³-hybridized carbons (Fsp3) is 0.880. The van der Waals surface area contributed by atoms with Crippen LogP contribution in [0.5, 0.6) is 0 Å². The Kier molecular flexibility index (Phi) is 23.2. The van der Waals surface area contributed by atoms with Gasteiger partial charge in [-0.2, -0.15) is 0 Å². The van der Waals surface area contributed by atoms with Crippen molar-refractivity contribution in [3.05, 3.63) is 12.3 Å². The molecular formula is C25H48O3. The monoisotopic (exact) mass is 396 g/mol. The molecule has 0 aliphatic carbocycles. The summed E-state index contributed by atoms with van der Waals surface area (Å²) >= 11 is 0. The van der Waals surface area contributed by atoms with E-state index in [4.69, 9.17) is 9.47 Å². The van der Waals surface area contributed by atoms with E-state index in [0.29, 0.717) is 6.61 Å². The molecule has 0 saturated heterocycles. The molecular weight excluding hydrogens is 348 g/mol. The number of rotatable bonds is 21. The maximum atomic E-state index is 11.2. The minimum absolute atomic E-state index is 0.447. The number of carbonyl (C=O) groups is 1. The smallest absolute Gasteiger partial charge is 0.434 e. The lowest BCUT2D eigenvalue weighted by Gasteiger charge is -2.03. The summed E-state index contributed by atoms with van der Waals surface area (Å²) in [6.07, 6.45) is 27.9. The topological polar surface area (TPSA) is 35.5 Å². The van der Waals surface area contributed by atoms with E-state index < -0.39 is 6.16 Å². The first kappa shape index (κ1) is 27.0. The van der Waals surface area contributed by atoms with Crippen molar-refractivity contribution in [1.29, 1.82) is 0 Å². The number of hydrogen-bond acceptors (Lipinski definition) is 3. The molecule has 166 valence electrons. The highest BCUT2D eigenvalue weighted by atomic mass is 16.7. The van der Waals surface area contributed by atoms with Crippen LogP contribution in [0.3, 0.4) is 0 Å². The predicted molar refractivity (Wildman–Crippen MR) is 121 cm³/mol. The first-order chi connectivity index (χ1) is 13.8. The lowest BCUT2D eigenvalue weighted by atomic mass is 10.0. The summed E-state index contributed by atoms with van der Waals surface area (Å²) in [6, 6.07) is 0. The molecule has 0 bridgehead atoms. The Morgan fingerprint density at radius 1 is 0.607 bits per heavy atom. The normalized spacial score (nSPS) is 11.2. The molecule has 0 aromatic carbocycles. The van der Waals surface area contributed by atoms with Crippen LogP contribution < -0.4 is 0 Å². The third kappa shape index (κ3) is 23.0. The van der Waals surface area contributed by atoms with Crippen LogP contribution in [-0.2, 0) is 9.47 Å². The van der Waals surface area contributed by atoms with E-state index in [0.717, 1.165) is 19.3 Å². The highest BCUT2D eigenvalue weighted by Crippen LogP contribution is 2.14. The first-order valence-corrected chi connectivity index (χ1v) is 12.3. The average Bonchev–Trinajstić information content (AvgIpc) is 2.70. The number of hydrogen-bond donors (Lipinski definition) is 0. The Hall–Kier alpha value is -0.990. The van der Waals surface area contributed by atoms with Crippen LogP contribution in [0.2, 0.25) is 0 Å². The van der Waals surface area contributed by atoms with Crippen molar-refractivity contribution in [1.82, 2.24) is 0 Å². The molecule has 0 aromatic heterocycles. The lowest BCUT2D eigenvalue weighted by Crippen LogP contribution is -2.04. The zero-order valence-corrected chi connectivity index (χ0v) is 19.0. The van der Waals surface area contributed by atoms with Gasteiger partial charge in [-0.25, -0.2) is 4.79 Å². The van der Waals surface area contributed by atoms with Crippen molar-refractivity contribution in [2.45, 2.75) is 136 Å². The number of allylic oxidation sites excluding steroid dienone is 1. The third-order valence-electron chi connectivity index (χ3n) is 5.20. The second-order valence-electron chi connectivity index (χ2n) is 8.03. The van der Waals surface area contributed by atoms with E-state index in [1.165, 1.54) is 109 Å². The first-order valence-electron chi connectivity index (χ1n) is 12.3. The quantitative estimate of drug-likeness (QED) is 0.110. The molecule has 0 saturated carbocycles. The molecule has 3 nitrogen and oxygen atoms in total. The molecule has 0 aliphatic rings. The summed E-state index contributed by atoms with van der Waals surface area (Å²) < 4.78 is 9.78. The second-order valence-corrected chi connectivity index (χ2v) is 8.03. The summed E-state index contributed by atoms with van der Waals surface area (Å²) in [5.74, 6) is 0. The Morgan fingerprint density at radius 2 is 1.04 bits per heavy atom. The summed E-state index contributed by atoms with van der Waals surface area (Å²) in [5.41, 5.74) is 0. The Balaban J connectivity index is 3.13. The molecule has 28 heavy (non-hydrogen) atoms. The molecule has 0 radical (unpaired) electrons. The standard InChI is InChI=1S/C25H48O3/c1-3-5-7-8-9-10-11-12-13-14-15-16-17-18-19-20-21-22-24-28-25(26)27-23-6-4-2/h22,24H,3-21,23H2,1-2H3/b24-22+. The summed E-state index contributed by atoms with van der Waals surface area (Å²) in [4.78, 5) is 11.2. The van der Waals surface area contributed by atoms with E-state index in [1.54, 1.807) is 0 Å². The third-order valence-corrected chi connectivity index (χ3v) is 5.20. The number of carbonyl (C=O) groups excluding carboxylic acids is 1. The van der Waals surface area contributed by atoms with Crippen molar-refractivity contribution in [3.63, 3.8) is 0 Å². The van der Waals surface area contributed by atoms with Gasteiger partial charge < -0.3 is 9.47 Å². The molecule has 0 amide bonds. The van der Waals surface area contributed by atoms with Gasteiger partial charge in [0.1, 0.15) is 0 Å². The molecule has 0 rings (SSSR count). The van der Waals surface area contributed by atoms with Crippen molar-refractivity contribution >= 4 is 6.16 Å². The van der Waals surface area contributed by atoms with E-state index in [-0.39, 0.29) is 0 Å². The van der Waals surface area contributed by atoms with Crippen molar-refractivity contribution < 1.29 is 14.3 Å². The van der Waals surface area contributed by atoms with Gasteiger partial charge >= 0.3 is 6.16 Å². The van der Waals surface area contributed by atoms with Crippen LogP contribution in [0.4, 0.5) is 4.79 Å². The molecule has 0 atom stereocenters. The Labute approximate surface area is 175 Å². The number of unbranched alkanes of at least 4 members (excludes halogenated alkanes) is 17. The van der Waals surface area contributed by atoms with Crippen LogP contribution >= 0.6 is 0 Å².